The third-order valence-electron chi connectivity index (χ3n) is 6.85. The summed E-state index contributed by atoms with van der Waals surface area (Å²) in [6, 6.07) is 4.28. The molecule has 1 aromatic heterocycles. The molecule has 0 atom stereocenters. The molecule has 0 bridgehead atoms. The third-order valence-corrected chi connectivity index (χ3v) is 9.22. The zero-order chi connectivity index (χ0) is 21.7. The van der Waals surface area contributed by atoms with Gasteiger partial charge < -0.3 is 9.80 Å². The van der Waals surface area contributed by atoms with E-state index < -0.39 is 9.84 Å². The summed E-state index contributed by atoms with van der Waals surface area (Å²) in [5.74, 6) is 2.55. The van der Waals surface area contributed by atoms with Crippen LogP contribution in [0.5, 0.6) is 0 Å². The molecule has 1 aromatic rings. The molecule has 1 aliphatic heterocycles. The number of amides is 1. The molecule has 7 heteroatoms. The molecule has 2 fully saturated rings. The number of aryl methyl sites for hydroxylation is 1. The number of rotatable bonds is 7. The Bertz CT molecular complexity index is 791. The Hall–Kier alpha value is -1.63. The number of sulfone groups is 1. The Morgan fingerprint density at radius 2 is 1.70 bits per heavy atom. The summed E-state index contributed by atoms with van der Waals surface area (Å²) < 4.78 is 24.3. The van der Waals surface area contributed by atoms with Crippen molar-refractivity contribution in [3.63, 3.8) is 0 Å². The van der Waals surface area contributed by atoms with Crippen LogP contribution < -0.4 is 4.90 Å². The minimum absolute atomic E-state index is 0.147. The second kappa shape index (κ2) is 10.1. The molecule has 3 rings (SSSR count). The Balaban J connectivity index is 1.40. The van der Waals surface area contributed by atoms with Crippen molar-refractivity contribution in [3.8, 4) is 0 Å². The Labute approximate surface area is 182 Å². The van der Waals surface area contributed by atoms with Crippen molar-refractivity contribution in [1.29, 1.82) is 0 Å². The minimum atomic E-state index is -2.92. The van der Waals surface area contributed by atoms with Gasteiger partial charge in [-0.05, 0) is 63.0 Å². The van der Waals surface area contributed by atoms with Gasteiger partial charge in [-0.3, -0.25) is 4.79 Å². The smallest absolute Gasteiger partial charge is 0.219 e. The zero-order valence-corrected chi connectivity index (χ0v) is 19.5. The third kappa shape index (κ3) is 6.19. The van der Waals surface area contributed by atoms with Gasteiger partial charge in [0.15, 0.2) is 9.84 Å². The molecular formula is C23H37N3O3S. The monoisotopic (exact) mass is 435 g/mol. The molecule has 1 aliphatic carbocycles. The fraction of sp³-hybridized carbons (Fsp3) is 0.739. The standard InChI is InChI=1S/C23H37N3O3S/c1-18(2)30(28,29)17-22-8-5-20(6-9-22)4-7-21-10-11-23(24-16-21)26-14-12-25(13-15-26)19(3)27/h10-11,16,18,20,22H,4-9,12-15,17H2,1-3H3. The number of pyridine rings is 1. The van der Waals surface area contributed by atoms with Crippen molar-refractivity contribution in [3.05, 3.63) is 23.9 Å². The maximum atomic E-state index is 12.2. The molecule has 0 N–H and O–H groups in total. The van der Waals surface area contributed by atoms with Crippen LogP contribution in [0.2, 0.25) is 0 Å². The van der Waals surface area contributed by atoms with Gasteiger partial charge in [-0.1, -0.05) is 18.9 Å². The molecule has 1 saturated carbocycles. The van der Waals surface area contributed by atoms with E-state index >= 15 is 0 Å². The lowest BCUT2D eigenvalue weighted by molar-refractivity contribution is -0.129. The first-order chi connectivity index (χ1) is 14.2. The Kier molecular flexibility index (Phi) is 7.77. The predicted molar refractivity (Wildman–Crippen MR) is 121 cm³/mol. The lowest BCUT2D eigenvalue weighted by atomic mass is 9.80. The molecular weight excluding hydrogens is 398 g/mol. The lowest BCUT2D eigenvalue weighted by Gasteiger charge is -2.34. The number of hydrogen-bond acceptors (Lipinski definition) is 5. The van der Waals surface area contributed by atoms with Gasteiger partial charge >= 0.3 is 0 Å². The summed E-state index contributed by atoms with van der Waals surface area (Å²) in [5.41, 5.74) is 1.27. The second-order valence-electron chi connectivity index (χ2n) is 9.32. The first-order valence-electron chi connectivity index (χ1n) is 11.4. The average Bonchev–Trinajstić information content (AvgIpc) is 2.73. The molecule has 0 unspecified atom stereocenters. The summed E-state index contributed by atoms with van der Waals surface area (Å²) in [4.78, 5) is 20.3. The van der Waals surface area contributed by atoms with Crippen LogP contribution in [0.25, 0.3) is 0 Å². The fourth-order valence-corrected chi connectivity index (χ4v) is 5.96. The van der Waals surface area contributed by atoms with E-state index in [4.69, 9.17) is 0 Å². The molecule has 1 saturated heterocycles. The van der Waals surface area contributed by atoms with E-state index in [0.29, 0.717) is 17.6 Å². The van der Waals surface area contributed by atoms with Crippen LogP contribution in [0.4, 0.5) is 5.82 Å². The van der Waals surface area contributed by atoms with Gasteiger partial charge in [-0.2, -0.15) is 0 Å². The molecule has 0 radical (unpaired) electrons. The summed E-state index contributed by atoms with van der Waals surface area (Å²) in [6.07, 6.45) is 8.55. The van der Waals surface area contributed by atoms with Crippen molar-refractivity contribution < 1.29 is 13.2 Å². The summed E-state index contributed by atoms with van der Waals surface area (Å²) in [5, 5.41) is -0.260. The molecule has 1 amide bonds. The number of hydrogen-bond donors (Lipinski definition) is 0. The normalized spacial score (nSPS) is 23.1. The average molecular weight is 436 g/mol. The van der Waals surface area contributed by atoms with Crippen LogP contribution in [-0.4, -0.2) is 61.4 Å². The van der Waals surface area contributed by atoms with E-state index in [1.54, 1.807) is 20.8 Å². The van der Waals surface area contributed by atoms with Crippen molar-refractivity contribution in [2.45, 2.75) is 64.5 Å². The predicted octanol–water partition coefficient (Wildman–Crippen LogP) is 3.31. The van der Waals surface area contributed by atoms with Crippen LogP contribution >= 0.6 is 0 Å². The number of nitrogens with zero attached hydrogens (tertiary/aromatic N) is 3. The van der Waals surface area contributed by atoms with E-state index in [0.717, 1.165) is 70.5 Å². The van der Waals surface area contributed by atoms with Gasteiger partial charge in [-0.25, -0.2) is 13.4 Å². The maximum Gasteiger partial charge on any atom is 0.219 e. The van der Waals surface area contributed by atoms with E-state index in [9.17, 15) is 13.2 Å². The highest BCUT2D eigenvalue weighted by Crippen LogP contribution is 2.33. The lowest BCUT2D eigenvalue weighted by Crippen LogP contribution is -2.48. The van der Waals surface area contributed by atoms with Crippen LogP contribution in [0, 0.1) is 11.8 Å². The van der Waals surface area contributed by atoms with Crippen LogP contribution in [0.15, 0.2) is 18.3 Å². The van der Waals surface area contributed by atoms with Gasteiger partial charge in [0.2, 0.25) is 5.91 Å². The summed E-state index contributed by atoms with van der Waals surface area (Å²) in [6.45, 7) is 8.39. The van der Waals surface area contributed by atoms with Gasteiger partial charge in [0.25, 0.3) is 0 Å². The van der Waals surface area contributed by atoms with Crippen molar-refractivity contribution in [2.24, 2.45) is 11.8 Å². The van der Waals surface area contributed by atoms with Gasteiger partial charge in [-0.15, -0.1) is 0 Å². The highest BCUT2D eigenvalue weighted by Gasteiger charge is 2.27. The Morgan fingerprint density at radius 1 is 1.07 bits per heavy atom. The van der Waals surface area contributed by atoms with E-state index in [1.807, 2.05) is 11.1 Å². The van der Waals surface area contributed by atoms with E-state index in [2.05, 4.69) is 22.0 Å². The molecule has 0 spiro atoms. The SMILES string of the molecule is CC(=O)N1CCN(c2ccc(CCC3CCC(CS(=O)(=O)C(C)C)CC3)cn2)CC1. The number of carbonyl (C=O) groups excluding carboxylic acids is 1. The summed E-state index contributed by atoms with van der Waals surface area (Å²) in [7, 11) is -2.92. The van der Waals surface area contributed by atoms with Crippen LogP contribution in [-0.2, 0) is 21.1 Å². The second-order valence-corrected chi connectivity index (χ2v) is 11.9. The van der Waals surface area contributed by atoms with E-state index in [-0.39, 0.29) is 11.2 Å². The highest BCUT2D eigenvalue weighted by molar-refractivity contribution is 7.91. The molecule has 6 nitrogen and oxygen atoms in total. The van der Waals surface area contributed by atoms with Crippen molar-refractivity contribution in [2.75, 3.05) is 36.8 Å². The van der Waals surface area contributed by atoms with Gasteiger partial charge in [0.1, 0.15) is 5.82 Å². The van der Waals surface area contributed by atoms with Crippen molar-refractivity contribution >= 4 is 21.6 Å². The number of anilines is 1. The van der Waals surface area contributed by atoms with Gasteiger partial charge in [0, 0.05) is 39.3 Å². The molecule has 30 heavy (non-hydrogen) atoms. The number of piperazine rings is 1. The molecule has 2 heterocycles. The van der Waals surface area contributed by atoms with Crippen molar-refractivity contribution in [1.82, 2.24) is 9.88 Å². The summed E-state index contributed by atoms with van der Waals surface area (Å²) >= 11 is 0. The fourth-order valence-electron chi connectivity index (χ4n) is 4.58. The number of carbonyl (C=O) groups is 1. The quantitative estimate of drug-likeness (QED) is 0.657. The topological polar surface area (TPSA) is 70.6 Å². The van der Waals surface area contributed by atoms with Crippen LogP contribution in [0.1, 0.15) is 58.4 Å². The maximum absolute atomic E-state index is 12.2. The zero-order valence-electron chi connectivity index (χ0n) is 18.7. The molecule has 168 valence electrons. The molecule has 0 aromatic carbocycles. The van der Waals surface area contributed by atoms with Gasteiger partial charge in [0.05, 0.1) is 11.0 Å². The highest BCUT2D eigenvalue weighted by atomic mass is 32.2. The first kappa shape index (κ1) is 23.0. The Morgan fingerprint density at radius 3 is 2.23 bits per heavy atom. The van der Waals surface area contributed by atoms with E-state index in [1.165, 1.54) is 5.56 Å². The number of aromatic nitrogens is 1. The largest absolute Gasteiger partial charge is 0.353 e. The first-order valence-corrected chi connectivity index (χ1v) is 13.1. The minimum Gasteiger partial charge on any atom is -0.353 e. The molecule has 2 aliphatic rings. The van der Waals surface area contributed by atoms with Crippen LogP contribution in [0.3, 0.4) is 0 Å².